The minimum Gasteiger partial charge on any atom is -0.354 e. The molecule has 1 aliphatic heterocycles. The smallest absolute Gasteiger partial charge is 0.242 e. The molecule has 0 bridgehead atoms. The van der Waals surface area contributed by atoms with E-state index in [2.05, 4.69) is 21.3 Å². The Kier molecular flexibility index (Phi) is 5.95. The van der Waals surface area contributed by atoms with E-state index in [1.807, 2.05) is 0 Å². The Labute approximate surface area is 117 Å². The highest BCUT2D eigenvalue weighted by Crippen LogP contribution is 1.90. The van der Waals surface area contributed by atoms with Gasteiger partial charge in [-0.25, -0.2) is 0 Å². The molecular weight excluding hydrogens is 264 g/mol. The summed E-state index contributed by atoms with van der Waals surface area (Å²) in [7, 11) is 0. The van der Waals surface area contributed by atoms with Crippen LogP contribution in [0.4, 0.5) is 0 Å². The maximum Gasteiger partial charge on any atom is 0.242 e. The van der Waals surface area contributed by atoms with Gasteiger partial charge in [0, 0.05) is 25.9 Å². The first-order valence-corrected chi connectivity index (χ1v) is 6.54. The highest BCUT2D eigenvalue weighted by atomic mass is 16.2. The van der Waals surface area contributed by atoms with Crippen molar-refractivity contribution < 1.29 is 19.2 Å². The fourth-order valence-corrected chi connectivity index (χ4v) is 1.66. The summed E-state index contributed by atoms with van der Waals surface area (Å²) in [6.07, 6.45) is 0.147. The summed E-state index contributed by atoms with van der Waals surface area (Å²) in [5.74, 6) is -1.33. The monoisotopic (exact) mass is 284 g/mol. The SMILES string of the molecule is CC1NC(=O)CCNC(=O)C(C)NC(=O)CCNC1=O. The van der Waals surface area contributed by atoms with Gasteiger partial charge >= 0.3 is 0 Å². The lowest BCUT2D eigenvalue weighted by Gasteiger charge is -2.17. The Bertz CT molecular complexity index is 372. The highest BCUT2D eigenvalue weighted by molar-refractivity contribution is 5.90. The molecule has 2 unspecified atom stereocenters. The topological polar surface area (TPSA) is 116 Å². The molecule has 4 N–H and O–H groups in total. The van der Waals surface area contributed by atoms with Crippen molar-refractivity contribution in [2.24, 2.45) is 0 Å². The van der Waals surface area contributed by atoms with Crippen LogP contribution in [-0.4, -0.2) is 48.8 Å². The summed E-state index contributed by atoms with van der Waals surface area (Å²) in [4.78, 5) is 46.3. The van der Waals surface area contributed by atoms with Crippen molar-refractivity contribution in [3.8, 4) is 0 Å². The van der Waals surface area contributed by atoms with Crippen LogP contribution in [0.2, 0.25) is 0 Å². The van der Waals surface area contributed by atoms with E-state index in [1.54, 1.807) is 13.8 Å². The molecule has 112 valence electrons. The molecule has 0 aromatic rings. The molecular formula is C12H20N4O4. The number of hydrogen-bond acceptors (Lipinski definition) is 4. The van der Waals surface area contributed by atoms with Crippen LogP contribution in [0, 0.1) is 0 Å². The number of carbonyl (C=O) groups is 4. The third kappa shape index (κ3) is 5.25. The molecule has 0 aliphatic carbocycles. The molecule has 1 fully saturated rings. The molecule has 1 aliphatic rings. The van der Waals surface area contributed by atoms with Gasteiger partial charge < -0.3 is 21.3 Å². The third-order valence-corrected chi connectivity index (χ3v) is 2.84. The summed E-state index contributed by atoms with van der Waals surface area (Å²) in [5, 5.41) is 10.1. The van der Waals surface area contributed by atoms with Crippen molar-refractivity contribution >= 4 is 23.6 Å². The summed E-state index contributed by atoms with van der Waals surface area (Å²) in [6.45, 7) is 3.41. The predicted molar refractivity (Wildman–Crippen MR) is 70.5 cm³/mol. The van der Waals surface area contributed by atoms with Crippen LogP contribution in [0.15, 0.2) is 0 Å². The van der Waals surface area contributed by atoms with E-state index in [0.29, 0.717) is 0 Å². The Morgan fingerprint density at radius 2 is 1.10 bits per heavy atom. The van der Waals surface area contributed by atoms with Gasteiger partial charge in [0.1, 0.15) is 12.1 Å². The lowest BCUT2D eigenvalue weighted by atomic mass is 10.2. The van der Waals surface area contributed by atoms with E-state index in [9.17, 15) is 19.2 Å². The van der Waals surface area contributed by atoms with Gasteiger partial charge in [-0.1, -0.05) is 0 Å². The predicted octanol–water partition coefficient (Wildman–Crippen LogP) is -1.98. The van der Waals surface area contributed by atoms with Crippen molar-refractivity contribution in [2.75, 3.05) is 13.1 Å². The molecule has 8 heteroatoms. The molecule has 20 heavy (non-hydrogen) atoms. The van der Waals surface area contributed by atoms with Crippen molar-refractivity contribution in [3.05, 3.63) is 0 Å². The van der Waals surface area contributed by atoms with Crippen LogP contribution in [-0.2, 0) is 19.2 Å². The van der Waals surface area contributed by atoms with Gasteiger partial charge in [-0.2, -0.15) is 0 Å². The Balaban J connectivity index is 2.64. The summed E-state index contributed by atoms with van der Waals surface area (Å²) < 4.78 is 0. The Hall–Kier alpha value is -2.12. The van der Waals surface area contributed by atoms with Crippen LogP contribution in [0.25, 0.3) is 0 Å². The quantitative estimate of drug-likeness (QED) is 0.412. The van der Waals surface area contributed by atoms with Gasteiger partial charge in [0.2, 0.25) is 23.6 Å². The van der Waals surface area contributed by atoms with Crippen LogP contribution < -0.4 is 21.3 Å². The van der Waals surface area contributed by atoms with E-state index in [4.69, 9.17) is 0 Å². The fraction of sp³-hybridized carbons (Fsp3) is 0.667. The second kappa shape index (κ2) is 7.46. The third-order valence-electron chi connectivity index (χ3n) is 2.84. The molecule has 8 nitrogen and oxygen atoms in total. The van der Waals surface area contributed by atoms with E-state index in [0.717, 1.165) is 0 Å². The molecule has 0 saturated carbocycles. The van der Waals surface area contributed by atoms with Gasteiger partial charge in [-0.15, -0.1) is 0 Å². The second-order valence-corrected chi connectivity index (χ2v) is 4.66. The number of amides is 4. The van der Waals surface area contributed by atoms with Gasteiger partial charge in [-0.3, -0.25) is 19.2 Å². The minimum absolute atomic E-state index is 0.0734. The molecule has 0 spiro atoms. The first-order valence-electron chi connectivity index (χ1n) is 6.54. The fourth-order valence-electron chi connectivity index (χ4n) is 1.66. The van der Waals surface area contributed by atoms with Crippen molar-refractivity contribution in [1.29, 1.82) is 0 Å². The Morgan fingerprint density at radius 1 is 0.750 bits per heavy atom. The lowest BCUT2D eigenvalue weighted by molar-refractivity contribution is -0.130. The van der Waals surface area contributed by atoms with E-state index >= 15 is 0 Å². The van der Waals surface area contributed by atoms with Gasteiger partial charge in [0.15, 0.2) is 0 Å². The molecule has 1 saturated heterocycles. The summed E-state index contributed by atoms with van der Waals surface area (Å²) in [5.41, 5.74) is 0. The zero-order valence-electron chi connectivity index (χ0n) is 11.6. The second-order valence-electron chi connectivity index (χ2n) is 4.66. The lowest BCUT2D eigenvalue weighted by Crippen LogP contribution is -2.49. The van der Waals surface area contributed by atoms with Gasteiger partial charge in [-0.05, 0) is 13.8 Å². The molecule has 1 rings (SSSR count). The zero-order valence-corrected chi connectivity index (χ0v) is 11.6. The molecule has 1 heterocycles. The highest BCUT2D eigenvalue weighted by Gasteiger charge is 2.19. The molecule has 2 atom stereocenters. The van der Waals surface area contributed by atoms with Gasteiger partial charge in [0.05, 0.1) is 0 Å². The average molecular weight is 284 g/mol. The van der Waals surface area contributed by atoms with Crippen LogP contribution in [0.5, 0.6) is 0 Å². The van der Waals surface area contributed by atoms with Crippen LogP contribution >= 0.6 is 0 Å². The van der Waals surface area contributed by atoms with E-state index in [1.165, 1.54) is 0 Å². The maximum atomic E-state index is 11.6. The normalized spacial score (nSPS) is 26.7. The number of nitrogens with one attached hydrogen (secondary N) is 4. The van der Waals surface area contributed by atoms with Crippen LogP contribution in [0.1, 0.15) is 26.7 Å². The standard InChI is InChI=1S/C12H20N4O4/c1-7-11(19)13-5-4-10(18)16-8(2)12(20)14-6-3-9(17)15-7/h7-8H,3-6H2,1-2H3,(H,13,19)(H,14,20)(H,15,17)(H,16,18). The number of rotatable bonds is 0. The van der Waals surface area contributed by atoms with Crippen molar-refractivity contribution in [2.45, 2.75) is 38.8 Å². The Morgan fingerprint density at radius 3 is 1.45 bits per heavy atom. The minimum atomic E-state index is -0.678. The first kappa shape index (κ1) is 15.9. The number of carbonyl (C=O) groups excluding carboxylic acids is 4. The van der Waals surface area contributed by atoms with Crippen molar-refractivity contribution in [1.82, 2.24) is 21.3 Å². The van der Waals surface area contributed by atoms with Gasteiger partial charge in [0.25, 0.3) is 0 Å². The average Bonchev–Trinajstić information content (AvgIpc) is 2.37. The zero-order chi connectivity index (χ0) is 15.1. The largest absolute Gasteiger partial charge is 0.354 e. The molecule has 0 radical (unpaired) electrons. The van der Waals surface area contributed by atoms with Crippen molar-refractivity contribution in [3.63, 3.8) is 0 Å². The first-order chi connectivity index (χ1) is 9.40. The summed E-state index contributed by atoms with van der Waals surface area (Å²) >= 11 is 0. The molecule has 0 aromatic carbocycles. The van der Waals surface area contributed by atoms with Crippen LogP contribution in [0.3, 0.4) is 0 Å². The van der Waals surface area contributed by atoms with E-state index < -0.39 is 12.1 Å². The molecule has 0 aromatic heterocycles. The molecule has 4 amide bonds. The maximum absolute atomic E-state index is 11.6. The summed E-state index contributed by atoms with van der Waals surface area (Å²) in [6, 6.07) is -1.36. The number of hydrogen-bond donors (Lipinski definition) is 4. The van der Waals surface area contributed by atoms with E-state index in [-0.39, 0.29) is 49.6 Å².